The van der Waals surface area contributed by atoms with Crippen molar-refractivity contribution in [3.63, 3.8) is 0 Å². The molecule has 1 aromatic heterocycles. The summed E-state index contributed by atoms with van der Waals surface area (Å²) >= 11 is 1.64. The second-order valence-electron chi connectivity index (χ2n) is 4.75. The number of benzene rings is 1. The van der Waals surface area contributed by atoms with Gasteiger partial charge >= 0.3 is 0 Å². The maximum Gasteiger partial charge on any atom is 0.211 e. The first-order chi connectivity index (χ1) is 11.2. The number of rotatable bonds is 7. The molecule has 120 valence electrons. The lowest BCUT2D eigenvalue weighted by Gasteiger charge is -2.11. The van der Waals surface area contributed by atoms with Crippen molar-refractivity contribution in [2.75, 3.05) is 12.4 Å². The highest BCUT2D eigenvalue weighted by atomic mass is 32.2. The minimum atomic E-state index is 0.657. The fourth-order valence-corrected chi connectivity index (χ4v) is 2.94. The third-order valence-electron chi connectivity index (χ3n) is 3.26. The lowest BCUT2D eigenvalue weighted by atomic mass is 10.1. The molecule has 23 heavy (non-hydrogen) atoms. The van der Waals surface area contributed by atoms with Crippen molar-refractivity contribution in [1.82, 2.24) is 4.98 Å². The number of allylic oxidation sites excluding steroid dienone is 2. The van der Waals surface area contributed by atoms with Gasteiger partial charge in [-0.1, -0.05) is 30.8 Å². The Hall–Kier alpha value is -2.27. The minimum Gasteiger partial charge on any atom is -0.496 e. The van der Waals surface area contributed by atoms with Gasteiger partial charge in [0.1, 0.15) is 5.75 Å². The number of thioether (sulfide) groups is 1. The molecular formula is C18H20N2O2S. The van der Waals surface area contributed by atoms with E-state index >= 15 is 0 Å². The van der Waals surface area contributed by atoms with Crippen molar-refractivity contribution < 1.29 is 9.53 Å². The molecule has 0 unspecified atom stereocenters. The minimum absolute atomic E-state index is 0.657. The van der Waals surface area contributed by atoms with Crippen molar-refractivity contribution in [3.8, 4) is 5.75 Å². The van der Waals surface area contributed by atoms with Crippen molar-refractivity contribution in [3.05, 3.63) is 47.5 Å². The Kier molecular flexibility index (Phi) is 6.23. The lowest BCUT2D eigenvalue weighted by Crippen LogP contribution is -1.96. The summed E-state index contributed by atoms with van der Waals surface area (Å²) in [5.74, 6) is 0.735. The molecule has 5 heteroatoms. The zero-order valence-corrected chi connectivity index (χ0v) is 14.3. The molecule has 0 bridgehead atoms. The SMILES string of the molecule is C/C=C(\S/C=C\CC)c1cc(OC)c2cc(NC=O)ccc2n1. The van der Waals surface area contributed by atoms with Crippen LogP contribution in [0.2, 0.25) is 0 Å². The molecule has 0 saturated heterocycles. The molecule has 0 atom stereocenters. The van der Waals surface area contributed by atoms with Gasteiger partial charge in [-0.15, -0.1) is 0 Å². The van der Waals surface area contributed by atoms with Gasteiger partial charge in [0.15, 0.2) is 0 Å². The number of anilines is 1. The normalized spacial score (nSPS) is 11.9. The fourth-order valence-electron chi connectivity index (χ4n) is 2.14. The maximum absolute atomic E-state index is 10.6. The summed E-state index contributed by atoms with van der Waals surface area (Å²) in [7, 11) is 1.64. The van der Waals surface area contributed by atoms with Crippen LogP contribution in [0.3, 0.4) is 0 Å². The first kappa shape index (κ1) is 17.1. The number of carbonyl (C=O) groups is 1. The summed E-state index contributed by atoms with van der Waals surface area (Å²) in [6.45, 7) is 4.10. The van der Waals surface area contributed by atoms with Crippen LogP contribution < -0.4 is 10.1 Å². The molecule has 1 heterocycles. The number of ether oxygens (including phenoxy) is 1. The van der Waals surface area contributed by atoms with E-state index in [0.717, 1.165) is 33.7 Å². The van der Waals surface area contributed by atoms with Crippen molar-refractivity contribution in [2.24, 2.45) is 0 Å². The van der Waals surface area contributed by atoms with Crippen molar-refractivity contribution in [2.45, 2.75) is 20.3 Å². The topological polar surface area (TPSA) is 51.2 Å². The van der Waals surface area contributed by atoms with Crippen molar-refractivity contribution >= 4 is 39.7 Å². The highest BCUT2D eigenvalue weighted by molar-refractivity contribution is 8.10. The molecule has 4 nitrogen and oxygen atoms in total. The standard InChI is InChI=1S/C18H20N2O2S/c1-4-6-9-23-18(5-2)16-11-17(22-3)14-10-13(19-12-21)7-8-15(14)20-16/h5-12H,4H2,1-3H3,(H,19,21)/b9-6-,18-5-. The van der Waals surface area contributed by atoms with Crippen LogP contribution in [-0.2, 0) is 4.79 Å². The van der Waals surface area contributed by atoms with E-state index in [1.54, 1.807) is 18.9 Å². The second-order valence-corrected chi connectivity index (χ2v) is 5.70. The van der Waals surface area contributed by atoms with Crippen molar-refractivity contribution in [1.29, 1.82) is 0 Å². The van der Waals surface area contributed by atoms with Crippen LogP contribution in [0.1, 0.15) is 26.0 Å². The first-order valence-corrected chi connectivity index (χ1v) is 8.28. The fraction of sp³-hybridized carbons (Fsp3) is 0.222. The highest BCUT2D eigenvalue weighted by Gasteiger charge is 2.10. The predicted octanol–water partition coefficient (Wildman–Crippen LogP) is 4.83. The molecule has 0 fully saturated rings. The number of nitrogens with zero attached hydrogens (tertiary/aromatic N) is 1. The summed E-state index contributed by atoms with van der Waals surface area (Å²) in [4.78, 5) is 16.4. The Labute approximate surface area is 140 Å². The molecule has 0 radical (unpaired) electrons. The number of hydrogen-bond donors (Lipinski definition) is 1. The van der Waals surface area contributed by atoms with E-state index in [0.29, 0.717) is 12.1 Å². The largest absolute Gasteiger partial charge is 0.496 e. The molecule has 0 saturated carbocycles. The van der Waals surface area contributed by atoms with Crippen LogP contribution in [0.15, 0.2) is 41.8 Å². The Balaban J connectivity index is 2.48. The molecule has 1 aromatic carbocycles. The van der Waals surface area contributed by atoms with E-state index < -0.39 is 0 Å². The number of aromatic nitrogens is 1. The second kappa shape index (κ2) is 8.39. The van der Waals surface area contributed by atoms with Crippen LogP contribution in [0.5, 0.6) is 5.75 Å². The molecule has 2 aromatic rings. The average molecular weight is 328 g/mol. The number of pyridine rings is 1. The van der Waals surface area contributed by atoms with Gasteiger partial charge in [-0.2, -0.15) is 0 Å². The molecule has 0 aliphatic carbocycles. The number of amides is 1. The van der Waals surface area contributed by atoms with E-state index in [1.807, 2.05) is 37.3 Å². The molecular weight excluding hydrogens is 308 g/mol. The van der Waals surface area contributed by atoms with Gasteiger partial charge in [-0.05, 0) is 37.0 Å². The Morgan fingerprint density at radius 1 is 1.39 bits per heavy atom. The zero-order chi connectivity index (χ0) is 16.7. The Morgan fingerprint density at radius 3 is 2.87 bits per heavy atom. The Morgan fingerprint density at radius 2 is 2.22 bits per heavy atom. The van der Waals surface area contributed by atoms with E-state index in [4.69, 9.17) is 9.72 Å². The van der Waals surface area contributed by atoms with Gasteiger partial charge in [-0.25, -0.2) is 4.98 Å². The van der Waals surface area contributed by atoms with E-state index in [-0.39, 0.29) is 0 Å². The van der Waals surface area contributed by atoms with Gasteiger partial charge in [0, 0.05) is 22.0 Å². The summed E-state index contributed by atoms with van der Waals surface area (Å²) < 4.78 is 5.51. The van der Waals surface area contributed by atoms with Crippen LogP contribution in [0, 0.1) is 0 Å². The van der Waals surface area contributed by atoms with Gasteiger partial charge in [0.25, 0.3) is 0 Å². The zero-order valence-electron chi connectivity index (χ0n) is 13.5. The summed E-state index contributed by atoms with van der Waals surface area (Å²) in [5, 5.41) is 5.59. The lowest BCUT2D eigenvalue weighted by molar-refractivity contribution is -0.105. The van der Waals surface area contributed by atoms with E-state index in [1.165, 1.54) is 0 Å². The number of fused-ring (bicyclic) bond motifs is 1. The van der Waals surface area contributed by atoms with E-state index in [9.17, 15) is 4.79 Å². The monoisotopic (exact) mass is 328 g/mol. The number of hydrogen-bond acceptors (Lipinski definition) is 4. The van der Waals surface area contributed by atoms with Gasteiger partial charge < -0.3 is 10.1 Å². The average Bonchev–Trinajstić information content (AvgIpc) is 2.58. The molecule has 0 aliphatic rings. The highest BCUT2D eigenvalue weighted by Crippen LogP contribution is 2.34. The maximum atomic E-state index is 10.6. The number of nitrogens with one attached hydrogen (secondary N) is 1. The third kappa shape index (κ3) is 4.13. The first-order valence-electron chi connectivity index (χ1n) is 7.40. The third-order valence-corrected chi connectivity index (χ3v) is 4.29. The quantitative estimate of drug-likeness (QED) is 0.740. The number of methoxy groups -OCH3 is 1. The van der Waals surface area contributed by atoms with Gasteiger partial charge in [-0.3, -0.25) is 4.79 Å². The Bertz CT molecular complexity index is 754. The van der Waals surface area contributed by atoms with Crippen LogP contribution in [0.25, 0.3) is 15.8 Å². The molecule has 0 spiro atoms. The van der Waals surface area contributed by atoms with Crippen LogP contribution >= 0.6 is 11.8 Å². The smallest absolute Gasteiger partial charge is 0.211 e. The predicted molar refractivity (Wildman–Crippen MR) is 98.7 cm³/mol. The summed E-state index contributed by atoms with van der Waals surface area (Å²) in [6, 6.07) is 7.49. The number of carbonyl (C=O) groups excluding carboxylic acids is 1. The van der Waals surface area contributed by atoms with Gasteiger partial charge in [0.05, 0.1) is 18.3 Å². The molecule has 0 aliphatic heterocycles. The van der Waals surface area contributed by atoms with Crippen LogP contribution in [-0.4, -0.2) is 18.5 Å². The summed E-state index contributed by atoms with van der Waals surface area (Å²) in [6.07, 6.45) is 5.82. The van der Waals surface area contributed by atoms with E-state index in [2.05, 4.69) is 23.7 Å². The van der Waals surface area contributed by atoms with Crippen LogP contribution in [0.4, 0.5) is 5.69 Å². The molecule has 1 N–H and O–H groups in total. The molecule has 1 amide bonds. The molecule has 2 rings (SSSR count). The van der Waals surface area contributed by atoms with Gasteiger partial charge in [0.2, 0.25) is 6.41 Å². The summed E-state index contributed by atoms with van der Waals surface area (Å²) in [5.41, 5.74) is 2.42.